The highest BCUT2D eigenvalue weighted by molar-refractivity contribution is 6.42. The summed E-state index contributed by atoms with van der Waals surface area (Å²) >= 11 is 11.8. The highest BCUT2D eigenvalue weighted by Gasteiger charge is 2.14. The minimum absolute atomic E-state index is 0.378. The van der Waals surface area contributed by atoms with E-state index in [2.05, 4.69) is 25.5 Å². The Morgan fingerprint density at radius 1 is 1.04 bits per heavy atom. The largest absolute Gasteiger partial charge is 0.356 e. The third-order valence-electron chi connectivity index (χ3n) is 3.50. The number of urea groups is 1. The molecule has 8 heteroatoms. The molecule has 0 saturated carbocycles. The van der Waals surface area contributed by atoms with Crippen molar-refractivity contribution in [3.05, 3.63) is 40.6 Å². The van der Waals surface area contributed by atoms with Crippen LogP contribution in [0.5, 0.6) is 0 Å². The third-order valence-corrected chi connectivity index (χ3v) is 4.24. The zero-order valence-electron chi connectivity index (χ0n) is 12.2. The number of benzene rings is 1. The number of halogens is 2. The quantitative estimate of drug-likeness (QED) is 0.875. The van der Waals surface area contributed by atoms with E-state index < -0.39 is 6.03 Å². The fourth-order valence-electron chi connectivity index (χ4n) is 2.39. The van der Waals surface area contributed by atoms with E-state index >= 15 is 0 Å². The summed E-state index contributed by atoms with van der Waals surface area (Å²) in [6.45, 7) is 1.96. The van der Waals surface area contributed by atoms with Gasteiger partial charge in [0.25, 0.3) is 0 Å². The molecule has 2 heterocycles. The summed E-state index contributed by atoms with van der Waals surface area (Å²) in [5, 5.41) is 6.18. The van der Waals surface area contributed by atoms with E-state index in [-0.39, 0.29) is 0 Å². The topological polar surface area (TPSA) is 70.2 Å². The maximum Gasteiger partial charge on any atom is 0.324 e. The molecular weight excluding hydrogens is 337 g/mol. The van der Waals surface area contributed by atoms with Crippen LogP contribution in [0.1, 0.15) is 12.8 Å². The Kier molecular flexibility index (Phi) is 4.83. The molecule has 6 nitrogen and oxygen atoms in total. The van der Waals surface area contributed by atoms with Crippen LogP contribution in [0.4, 0.5) is 22.1 Å². The molecule has 0 unspecified atom stereocenters. The van der Waals surface area contributed by atoms with Gasteiger partial charge in [-0.3, -0.25) is 5.32 Å². The normalized spacial score (nSPS) is 13.9. The molecule has 1 saturated heterocycles. The van der Waals surface area contributed by atoms with Gasteiger partial charge in [0.15, 0.2) is 0 Å². The highest BCUT2D eigenvalue weighted by atomic mass is 35.5. The van der Waals surface area contributed by atoms with E-state index in [0.29, 0.717) is 21.6 Å². The lowest BCUT2D eigenvalue weighted by atomic mass is 10.3. The lowest BCUT2D eigenvalue weighted by molar-refractivity contribution is 0.262. The van der Waals surface area contributed by atoms with Gasteiger partial charge in [-0.1, -0.05) is 23.2 Å². The van der Waals surface area contributed by atoms with Crippen LogP contribution in [0.3, 0.4) is 0 Å². The van der Waals surface area contributed by atoms with E-state index in [0.717, 1.165) is 31.7 Å². The first-order valence-corrected chi connectivity index (χ1v) is 7.97. The Morgan fingerprint density at radius 2 is 1.83 bits per heavy atom. The fraction of sp³-hybridized carbons (Fsp3) is 0.267. The molecule has 1 aliphatic heterocycles. The zero-order valence-corrected chi connectivity index (χ0v) is 13.7. The first-order valence-electron chi connectivity index (χ1n) is 7.22. The van der Waals surface area contributed by atoms with E-state index in [9.17, 15) is 4.79 Å². The van der Waals surface area contributed by atoms with Gasteiger partial charge >= 0.3 is 6.03 Å². The Labute approximate surface area is 143 Å². The van der Waals surface area contributed by atoms with Crippen LogP contribution in [-0.2, 0) is 0 Å². The number of hydrogen-bond acceptors (Lipinski definition) is 4. The summed E-state index contributed by atoms with van der Waals surface area (Å²) in [4.78, 5) is 22.5. The first kappa shape index (κ1) is 15.8. The second-order valence-electron chi connectivity index (χ2n) is 5.16. The van der Waals surface area contributed by atoms with Crippen LogP contribution in [0.2, 0.25) is 10.0 Å². The molecule has 0 bridgehead atoms. The van der Waals surface area contributed by atoms with Gasteiger partial charge in [0, 0.05) is 24.8 Å². The molecule has 3 rings (SSSR count). The number of carbonyl (C=O) groups excluding carboxylic acids is 1. The molecule has 2 amide bonds. The molecule has 0 spiro atoms. The van der Waals surface area contributed by atoms with E-state index in [1.807, 2.05) is 0 Å². The van der Waals surface area contributed by atoms with Crippen molar-refractivity contribution < 1.29 is 4.79 Å². The number of aromatic nitrogens is 2. The van der Waals surface area contributed by atoms with Gasteiger partial charge < -0.3 is 10.2 Å². The van der Waals surface area contributed by atoms with E-state index in [4.69, 9.17) is 23.2 Å². The van der Waals surface area contributed by atoms with Crippen molar-refractivity contribution in [2.24, 2.45) is 0 Å². The average molecular weight is 352 g/mol. The predicted octanol–water partition coefficient (Wildman–Crippen LogP) is 4.03. The molecule has 1 aliphatic rings. The highest BCUT2D eigenvalue weighted by Crippen LogP contribution is 2.25. The Morgan fingerprint density at radius 3 is 2.57 bits per heavy atom. The number of nitrogens with zero attached hydrogens (tertiary/aromatic N) is 3. The smallest absolute Gasteiger partial charge is 0.324 e. The molecule has 120 valence electrons. The van der Waals surface area contributed by atoms with Crippen molar-refractivity contribution in [1.29, 1.82) is 0 Å². The second kappa shape index (κ2) is 7.02. The lowest BCUT2D eigenvalue weighted by Crippen LogP contribution is -2.22. The van der Waals surface area contributed by atoms with Crippen molar-refractivity contribution in [2.45, 2.75) is 12.8 Å². The van der Waals surface area contributed by atoms with Crippen LogP contribution in [0.15, 0.2) is 30.6 Å². The van der Waals surface area contributed by atoms with Gasteiger partial charge in [-0.25, -0.2) is 14.8 Å². The van der Waals surface area contributed by atoms with Crippen LogP contribution in [0.25, 0.3) is 0 Å². The summed E-state index contributed by atoms with van der Waals surface area (Å²) in [6, 6.07) is 6.23. The van der Waals surface area contributed by atoms with Crippen molar-refractivity contribution >= 4 is 46.6 Å². The minimum Gasteiger partial charge on any atom is -0.356 e. The van der Waals surface area contributed by atoms with Crippen molar-refractivity contribution in [1.82, 2.24) is 9.97 Å². The van der Waals surface area contributed by atoms with Crippen molar-refractivity contribution in [3.63, 3.8) is 0 Å². The van der Waals surface area contributed by atoms with Gasteiger partial charge in [-0.2, -0.15) is 0 Å². The van der Waals surface area contributed by atoms with Crippen molar-refractivity contribution in [2.75, 3.05) is 28.6 Å². The molecule has 0 aliphatic carbocycles. The monoisotopic (exact) mass is 351 g/mol. The molecule has 1 fully saturated rings. The lowest BCUT2D eigenvalue weighted by Gasteiger charge is -2.16. The summed E-state index contributed by atoms with van der Waals surface area (Å²) in [5.41, 5.74) is 0.547. The van der Waals surface area contributed by atoms with Crippen LogP contribution >= 0.6 is 23.2 Å². The zero-order chi connectivity index (χ0) is 16.2. The maximum absolute atomic E-state index is 12.0. The predicted molar refractivity (Wildman–Crippen MR) is 92.6 cm³/mol. The standard InChI is InChI=1S/C15H15Cl2N5O/c16-11-4-3-10(7-12(11)17)20-15(23)21-13-8-14(19-9-18-13)22-5-1-2-6-22/h3-4,7-9H,1-2,5-6H2,(H2,18,19,20,21,23). The Balaban J connectivity index is 1.65. The summed E-state index contributed by atoms with van der Waals surface area (Å²) in [6.07, 6.45) is 3.76. The Hall–Kier alpha value is -2.05. The van der Waals surface area contributed by atoms with E-state index in [1.54, 1.807) is 24.3 Å². The fourth-order valence-corrected chi connectivity index (χ4v) is 2.69. The summed E-state index contributed by atoms with van der Waals surface area (Å²) < 4.78 is 0. The van der Waals surface area contributed by atoms with Gasteiger partial charge in [0.1, 0.15) is 18.0 Å². The molecule has 1 aromatic heterocycles. The number of amides is 2. The SMILES string of the molecule is O=C(Nc1ccc(Cl)c(Cl)c1)Nc1cc(N2CCCC2)ncn1. The molecule has 1 aromatic carbocycles. The van der Waals surface area contributed by atoms with Gasteiger partial charge in [-0.15, -0.1) is 0 Å². The summed E-state index contributed by atoms with van der Waals surface area (Å²) in [5.74, 6) is 1.27. The van der Waals surface area contributed by atoms with Gasteiger partial charge in [0.05, 0.1) is 10.0 Å². The molecule has 0 radical (unpaired) electrons. The van der Waals surface area contributed by atoms with E-state index in [1.165, 1.54) is 6.33 Å². The number of anilines is 3. The summed E-state index contributed by atoms with van der Waals surface area (Å²) in [7, 11) is 0. The van der Waals surface area contributed by atoms with Crippen LogP contribution in [0, 0.1) is 0 Å². The van der Waals surface area contributed by atoms with Gasteiger partial charge in [-0.05, 0) is 31.0 Å². The minimum atomic E-state index is -0.408. The number of carbonyl (C=O) groups is 1. The number of nitrogens with one attached hydrogen (secondary N) is 2. The maximum atomic E-state index is 12.0. The Bertz CT molecular complexity index is 719. The molecule has 2 aromatic rings. The van der Waals surface area contributed by atoms with Crippen molar-refractivity contribution in [3.8, 4) is 0 Å². The van der Waals surface area contributed by atoms with Crippen LogP contribution in [-0.4, -0.2) is 29.1 Å². The number of hydrogen-bond donors (Lipinski definition) is 2. The molecule has 23 heavy (non-hydrogen) atoms. The third kappa shape index (κ3) is 4.03. The molecular formula is C15H15Cl2N5O. The molecule has 2 N–H and O–H groups in total. The van der Waals surface area contributed by atoms with Gasteiger partial charge in [0.2, 0.25) is 0 Å². The average Bonchev–Trinajstić information content (AvgIpc) is 3.05. The number of rotatable bonds is 3. The second-order valence-corrected chi connectivity index (χ2v) is 5.98. The molecule has 0 atom stereocenters. The van der Waals surface area contributed by atoms with Crippen LogP contribution < -0.4 is 15.5 Å². The first-order chi connectivity index (χ1) is 11.1.